The molecule has 5 nitrogen and oxygen atoms in total. The summed E-state index contributed by atoms with van der Waals surface area (Å²) >= 11 is 1.78. The molecule has 2 aromatic carbocycles. The SMILES string of the molecule is c1ccc(CCn2nnnc2C(c2cccs2)N2CCc3ccccc3C2)cc1. The van der Waals surface area contributed by atoms with Crippen molar-refractivity contribution in [1.82, 2.24) is 25.1 Å². The number of aryl methyl sites for hydroxylation is 2. The highest BCUT2D eigenvalue weighted by Crippen LogP contribution is 2.34. The van der Waals surface area contributed by atoms with Crippen LogP contribution in [0.5, 0.6) is 0 Å². The lowest BCUT2D eigenvalue weighted by Gasteiger charge is -2.34. The standard InChI is InChI=1S/C23H23N5S/c1-2-7-18(8-3-1)12-15-28-23(24-25-26-28)22(21-11-6-16-29-21)27-14-13-19-9-4-5-10-20(19)17-27/h1-11,16,22H,12-15,17H2. The zero-order chi connectivity index (χ0) is 19.5. The van der Waals surface area contributed by atoms with E-state index in [0.29, 0.717) is 0 Å². The van der Waals surface area contributed by atoms with Crippen LogP contribution in [0.15, 0.2) is 72.1 Å². The third kappa shape index (κ3) is 3.86. The van der Waals surface area contributed by atoms with E-state index in [1.165, 1.54) is 21.6 Å². The summed E-state index contributed by atoms with van der Waals surface area (Å²) in [6, 6.07) is 23.7. The van der Waals surface area contributed by atoms with Gasteiger partial charge in [0.25, 0.3) is 0 Å². The molecule has 1 unspecified atom stereocenters. The summed E-state index contributed by atoms with van der Waals surface area (Å²) in [5.41, 5.74) is 4.16. The molecule has 0 aliphatic carbocycles. The number of fused-ring (bicyclic) bond motifs is 1. The van der Waals surface area contributed by atoms with Gasteiger partial charge in [-0.25, -0.2) is 4.68 Å². The van der Waals surface area contributed by atoms with Gasteiger partial charge in [0.05, 0.1) is 0 Å². The van der Waals surface area contributed by atoms with E-state index in [9.17, 15) is 0 Å². The summed E-state index contributed by atoms with van der Waals surface area (Å²) in [6.07, 6.45) is 1.97. The first-order chi connectivity index (χ1) is 14.4. The molecule has 0 spiro atoms. The van der Waals surface area contributed by atoms with Crippen LogP contribution in [0.25, 0.3) is 0 Å². The second-order valence-electron chi connectivity index (χ2n) is 7.40. The predicted molar refractivity (Wildman–Crippen MR) is 115 cm³/mol. The molecule has 29 heavy (non-hydrogen) atoms. The number of tetrazole rings is 1. The second-order valence-corrected chi connectivity index (χ2v) is 8.38. The topological polar surface area (TPSA) is 46.8 Å². The molecule has 3 heterocycles. The maximum Gasteiger partial charge on any atom is 0.173 e. The Kier molecular flexibility index (Phi) is 5.19. The van der Waals surface area contributed by atoms with Gasteiger partial charge in [-0.2, -0.15) is 0 Å². The lowest BCUT2D eigenvalue weighted by molar-refractivity contribution is 0.197. The molecule has 0 bridgehead atoms. The van der Waals surface area contributed by atoms with Gasteiger partial charge in [0.1, 0.15) is 6.04 Å². The van der Waals surface area contributed by atoms with Gasteiger partial charge in [0.2, 0.25) is 0 Å². The zero-order valence-electron chi connectivity index (χ0n) is 16.2. The third-order valence-electron chi connectivity index (χ3n) is 5.60. The number of thiophene rings is 1. The normalized spacial score (nSPS) is 15.2. The number of nitrogens with zero attached hydrogens (tertiary/aromatic N) is 5. The van der Waals surface area contributed by atoms with Gasteiger partial charge in [-0.1, -0.05) is 60.7 Å². The van der Waals surface area contributed by atoms with Crippen molar-refractivity contribution in [2.45, 2.75) is 32.0 Å². The quantitative estimate of drug-likeness (QED) is 0.487. The highest BCUT2D eigenvalue weighted by Gasteiger charge is 2.31. The summed E-state index contributed by atoms with van der Waals surface area (Å²) in [4.78, 5) is 3.80. The minimum absolute atomic E-state index is 0.0779. The average Bonchev–Trinajstić information content (AvgIpc) is 3.46. The highest BCUT2D eigenvalue weighted by atomic mass is 32.1. The summed E-state index contributed by atoms with van der Waals surface area (Å²) < 4.78 is 1.98. The van der Waals surface area contributed by atoms with Crippen molar-refractivity contribution in [2.75, 3.05) is 6.54 Å². The van der Waals surface area contributed by atoms with E-state index in [4.69, 9.17) is 0 Å². The molecule has 0 fully saturated rings. The smallest absolute Gasteiger partial charge is 0.173 e. The van der Waals surface area contributed by atoms with Crippen molar-refractivity contribution >= 4 is 11.3 Å². The first-order valence-electron chi connectivity index (χ1n) is 10.0. The van der Waals surface area contributed by atoms with Crippen LogP contribution in [0, 0.1) is 0 Å². The lowest BCUT2D eigenvalue weighted by atomic mass is 9.98. The minimum Gasteiger partial charge on any atom is -0.284 e. The molecule has 1 atom stereocenters. The fourth-order valence-corrected chi connectivity index (χ4v) is 4.96. The molecule has 146 valence electrons. The summed E-state index contributed by atoms with van der Waals surface area (Å²) in [5, 5.41) is 15.0. The van der Waals surface area contributed by atoms with Crippen LogP contribution in [0.4, 0.5) is 0 Å². The van der Waals surface area contributed by atoms with Crippen LogP contribution in [-0.2, 0) is 25.9 Å². The molecule has 4 aromatic rings. The lowest BCUT2D eigenvalue weighted by Crippen LogP contribution is -2.36. The Morgan fingerprint density at radius 2 is 1.76 bits per heavy atom. The Labute approximate surface area is 174 Å². The molecular weight excluding hydrogens is 378 g/mol. The maximum atomic E-state index is 4.48. The Bertz CT molecular complexity index is 1060. The summed E-state index contributed by atoms with van der Waals surface area (Å²) in [6.45, 7) is 2.70. The van der Waals surface area contributed by atoms with Crippen molar-refractivity contribution in [3.05, 3.63) is 99.5 Å². The number of rotatable bonds is 6. The second kappa shape index (κ2) is 8.27. The van der Waals surface area contributed by atoms with E-state index in [1.807, 2.05) is 10.7 Å². The molecule has 5 rings (SSSR count). The molecule has 2 aromatic heterocycles. The Morgan fingerprint density at radius 1 is 0.931 bits per heavy atom. The molecular formula is C23H23N5S. The van der Waals surface area contributed by atoms with Crippen molar-refractivity contribution in [1.29, 1.82) is 0 Å². The first-order valence-corrected chi connectivity index (χ1v) is 10.9. The van der Waals surface area contributed by atoms with E-state index in [1.54, 1.807) is 11.3 Å². The molecule has 1 aliphatic heterocycles. The van der Waals surface area contributed by atoms with Gasteiger partial charge in [0.15, 0.2) is 5.82 Å². The van der Waals surface area contributed by atoms with Gasteiger partial charge in [-0.15, -0.1) is 16.4 Å². The van der Waals surface area contributed by atoms with Crippen molar-refractivity contribution < 1.29 is 0 Å². The summed E-state index contributed by atoms with van der Waals surface area (Å²) in [5.74, 6) is 0.933. The molecule has 1 aliphatic rings. The average molecular weight is 402 g/mol. The fraction of sp³-hybridized carbons (Fsp3) is 0.261. The molecule has 0 radical (unpaired) electrons. The molecule has 0 N–H and O–H groups in total. The molecule has 6 heteroatoms. The Morgan fingerprint density at radius 3 is 2.59 bits per heavy atom. The number of hydrogen-bond acceptors (Lipinski definition) is 5. The predicted octanol–water partition coefficient (Wildman–Crippen LogP) is 4.13. The van der Waals surface area contributed by atoms with E-state index < -0.39 is 0 Å². The molecule has 0 saturated carbocycles. The number of hydrogen-bond donors (Lipinski definition) is 0. The minimum atomic E-state index is 0.0779. The van der Waals surface area contributed by atoms with Crippen LogP contribution in [-0.4, -0.2) is 31.7 Å². The van der Waals surface area contributed by atoms with Crippen LogP contribution in [0.2, 0.25) is 0 Å². The monoisotopic (exact) mass is 401 g/mol. The summed E-state index contributed by atoms with van der Waals surface area (Å²) in [7, 11) is 0. The van der Waals surface area contributed by atoms with Gasteiger partial charge in [-0.05, 0) is 51.4 Å². The highest BCUT2D eigenvalue weighted by molar-refractivity contribution is 7.10. The van der Waals surface area contributed by atoms with Gasteiger partial charge in [0, 0.05) is 24.5 Å². The largest absolute Gasteiger partial charge is 0.284 e. The van der Waals surface area contributed by atoms with E-state index >= 15 is 0 Å². The maximum absolute atomic E-state index is 4.48. The third-order valence-corrected chi connectivity index (χ3v) is 6.52. The zero-order valence-corrected chi connectivity index (χ0v) is 17.0. The van der Waals surface area contributed by atoms with Crippen LogP contribution < -0.4 is 0 Å². The molecule has 0 saturated heterocycles. The number of benzene rings is 2. The number of aromatic nitrogens is 4. The molecule has 0 amide bonds. The van der Waals surface area contributed by atoms with Crippen molar-refractivity contribution in [2.24, 2.45) is 0 Å². The van der Waals surface area contributed by atoms with Gasteiger partial charge >= 0.3 is 0 Å². The Hall–Kier alpha value is -2.83. The first kappa shape index (κ1) is 18.2. The van der Waals surface area contributed by atoms with Gasteiger partial charge in [-0.3, -0.25) is 4.90 Å². The Balaban J connectivity index is 1.44. The van der Waals surface area contributed by atoms with E-state index in [0.717, 1.165) is 38.3 Å². The fourth-order valence-electron chi connectivity index (χ4n) is 4.10. The van der Waals surface area contributed by atoms with E-state index in [2.05, 4.69) is 86.5 Å². The van der Waals surface area contributed by atoms with Crippen molar-refractivity contribution in [3.8, 4) is 0 Å². The van der Waals surface area contributed by atoms with Crippen molar-refractivity contribution in [3.63, 3.8) is 0 Å². The van der Waals surface area contributed by atoms with Crippen LogP contribution in [0.3, 0.4) is 0 Å². The van der Waals surface area contributed by atoms with Crippen LogP contribution in [0.1, 0.15) is 33.4 Å². The van der Waals surface area contributed by atoms with E-state index in [-0.39, 0.29) is 6.04 Å². The van der Waals surface area contributed by atoms with Gasteiger partial charge < -0.3 is 0 Å². The van der Waals surface area contributed by atoms with Crippen LogP contribution >= 0.6 is 11.3 Å².